The minimum Gasteiger partial charge on any atom is -0.356 e. The first-order chi connectivity index (χ1) is 17.7. The zero-order valence-corrected chi connectivity index (χ0v) is 21.3. The first kappa shape index (κ1) is 20.6. The van der Waals surface area contributed by atoms with Crippen molar-refractivity contribution < 1.29 is 13.0 Å². The van der Waals surface area contributed by atoms with E-state index in [9.17, 15) is 9.18 Å². The highest BCUT2D eigenvalue weighted by Gasteiger charge is 2.38. The van der Waals surface area contributed by atoms with Crippen LogP contribution in [0.25, 0.3) is 11.0 Å². The van der Waals surface area contributed by atoms with Crippen molar-refractivity contribution in [3.8, 4) is 0 Å². The van der Waals surface area contributed by atoms with Crippen LogP contribution < -0.4 is 5.56 Å². The van der Waals surface area contributed by atoms with Gasteiger partial charge in [-0.3, -0.25) is 14.3 Å². The molecule has 0 amide bonds. The van der Waals surface area contributed by atoms with Crippen LogP contribution in [-0.4, -0.2) is 38.2 Å². The zero-order chi connectivity index (χ0) is 27.6. The molecule has 2 atom stereocenters. The summed E-state index contributed by atoms with van der Waals surface area (Å²) in [5.41, 5.74) is 1.06. The lowest BCUT2D eigenvalue weighted by molar-refractivity contribution is 0.0653. The summed E-state index contributed by atoms with van der Waals surface area (Å²) in [4.78, 5) is 20.6. The maximum Gasteiger partial charge on any atom is 0.257 e. The van der Waals surface area contributed by atoms with Crippen molar-refractivity contribution in [3.05, 3.63) is 57.1 Å². The smallest absolute Gasteiger partial charge is 0.257 e. The molecule has 188 valence electrons. The molecule has 0 spiro atoms. The SMILES string of the molecule is [2H]C([2H])([2H])c1nc2n(c(=O)c1CCN1CCC(c3noc4cc(F)ccc34)CC1(C)C)CC(C)(C)C(C)C2. The number of piperidine rings is 1. The Balaban J connectivity index is 1.38. The molecule has 6 nitrogen and oxygen atoms in total. The van der Waals surface area contributed by atoms with Crippen molar-refractivity contribution in [1.29, 1.82) is 0 Å². The molecule has 0 aliphatic carbocycles. The number of halogens is 1. The number of hydrogen-bond acceptors (Lipinski definition) is 5. The average molecular weight is 484 g/mol. The van der Waals surface area contributed by atoms with E-state index < -0.39 is 6.85 Å². The Morgan fingerprint density at radius 3 is 2.83 bits per heavy atom. The van der Waals surface area contributed by atoms with E-state index >= 15 is 0 Å². The van der Waals surface area contributed by atoms with Crippen molar-refractivity contribution in [2.75, 3.05) is 13.1 Å². The molecular formula is C28H37FN4O2. The van der Waals surface area contributed by atoms with Crippen LogP contribution in [0.1, 0.15) is 80.3 Å². The minimum absolute atomic E-state index is 0.0466. The Labute approximate surface area is 210 Å². The minimum atomic E-state index is -2.45. The Kier molecular flexibility index (Phi) is 5.03. The summed E-state index contributed by atoms with van der Waals surface area (Å²) in [6.45, 7) is 10.2. The third-order valence-corrected chi connectivity index (χ3v) is 8.56. The molecule has 1 saturated heterocycles. The van der Waals surface area contributed by atoms with Crippen molar-refractivity contribution in [2.45, 2.75) is 85.2 Å². The molecule has 0 N–H and O–H groups in total. The molecule has 2 unspecified atom stereocenters. The monoisotopic (exact) mass is 483 g/mol. The molecule has 3 aromatic rings. The number of likely N-dealkylation sites (tertiary alicyclic amines) is 1. The number of fused-ring (bicyclic) bond motifs is 2. The van der Waals surface area contributed by atoms with E-state index in [2.05, 4.69) is 49.7 Å². The van der Waals surface area contributed by atoms with Gasteiger partial charge in [-0.1, -0.05) is 25.9 Å². The summed E-state index contributed by atoms with van der Waals surface area (Å²) in [6, 6.07) is 4.52. The highest BCUT2D eigenvalue weighted by atomic mass is 19.1. The second kappa shape index (κ2) is 8.54. The molecule has 2 aromatic heterocycles. The molecule has 5 rings (SSSR count). The maximum atomic E-state index is 13.7. The van der Waals surface area contributed by atoms with Crippen LogP contribution in [0.2, 0.25) is 0 Å². The lowest BCUT2D eigenvalue weighted by atomic mass is 9.75. The fraction of sp³-hybridized carbons (Fsp3) is 0.607. The van der Waals surface area contributed by atoms with E-state index in [1.807, 2.05) is 0 Å². The Bertz CT molecular complexity index is 1430. The largest absolute Gasteiger partial charge is 0.356 e. The molecule has 1 fully saturated rings. The zero-order valence-electron chi connectivity index (χ0n) is 24.3. The normalized spacial score (nSPS) is 25.6. The van der Waals surface area contributed by atoms with Crippen LogP contribution in [0.4, 0.5) is 4.39 Å². The molecule has 2 aliphatic rings. The summed E-state index contributed by atoms with van der Waals surface area (Å²) in [7, 11) is 0. The van der Waals surface area contributed by atoms with Gasteiger partial charge in [-0.05, 0) is 70.0 Å². The number of aryl methyl sites for hydroxylation is 1. The van der Waals surface area contributed by atoms with Crippen molar-refractivity contribution >= 4 is 11.0 Å². The fourth-order valence-corrected chi connectivity index (χ4v) is 5.86. The second-order valence-electron chi connectivity index (χ2n) is 11.8. The van der Waals surface area contributed by atoms with Gasteiger partial charge >= 0.3 is 0 Å². The van der Waals surface area contributed by atoms with Crippen LogP contribution >= 0.6 is 0 Å². The number of aromatic nitrogens is 3. The average Bonchev–Trinajstić information content (AvgIpc) is 3.22. The molecule has 1 aromatic carbocycles. The molecule has 7 heteroatoms. The van der Waals surface area contributed by atoms with Crippen LogP contribution in [0.15, 0.2) is 27.5 Å². The van der Waals surface area contributed by atoms with Gasteiger partial charge in [0.05, 0.1) is 5.69 Å². The standard InChI is InChI=1S/C28H37FN4O2/c1-17-13-24-30-18(2)21(26(34)33(24)16-27(17,3)4)10-12-32-11-9-19(15-28(32,5)6)25-22-8-7-20(29)14-23(22)35-31-25/h7-8,14,17,19H,9-13,15-16H2,1-6H3/i2D3. The van der Waals surface area contributed by atoms with Gasteiger partial charge in [0.25, 0.3) is 5.56 Å². The maximum absolute atomic E-state index is 13.7. The van der Waals surface area contributed by atoms with E-state index in [1.165, 1.54) is 12.1 Å². The summed E-state index contributed by atoms with van der Waals surface area (Å²) >= 11 is 0. The van der Waals surface area contributed by atoms with Crippen LogP contribution in [0.3, 0.4) is 0 Å². The number of rotatable bonds is 4. The highest BCUT2D eigenvalue weighted by Crippen LogP contribution is 2.40. The van der Waals surface area contributed by atoms with E-state index in [0.29, 0.717) is 48.8 Å². The van der Waals surface area contributed by atoms with Gasteiger partial charge in [-0.15, -0.1) is 0 Å². The lowest BCUT2D eigenvalue weighted by Crippen LogP contribution is -2.50. The summed E-state index contributed by atoms with van der Waals surface area (Å²) in [5.74, 6) is 0.689. The molecule has 0 bridgehead atoms. The van der Waals surface area contributed by atoms with E-state index in [1.54, 1.807) is 10.6 Å². The summed E-state index contributed by atoms with van der Waals surface area (Å²) < 4.78 is 45.1. The molecule has 35 heavy (non-hydrogen) atoms. The van der Waals surface area contributed by atoms with Crippen LogP contribution in [0.5, 0.6) is 0 Å². The predicted molar refractivity (Wildman–Crippen MR) is 135 cm³/mol. The molecule has 4 heterocycles. The third kappa shape index (κ3) is 4.32. The first-order valence-corrected chi connectivity index (χ1v) is 12.6. The van der Waals surface area contributed by atoms with Gasteiger partial charge in [0.15, 0.2) is 5.58 Å². The summed E-state index contributed by atoms with van der Waals surface area (Å²) in [6.07, 6.45) is 2.57. The molecular weight excluding hydrogens is 443 g/mol. The molecule has 0 saturated carbocycles. The fourth-order valence-electron chi connectivity index (χ4n) is 5.86. The predicted octanol–water partition coefficient (Wildman–Crippen LogP) is 5.25. The Hall–Kier alpha value is -2.54. The van der Waals surface area contributed by atoms with Gasteiger partial charge in [0.1, 0.15) is 11.6 Å². The van der Waals surface area contributed by atoms with Crippen LogP contribution in [0, 0.1) is 24.0 Å². The van der Waals surface area contributed by atoms with Gasteiger partial charge in [0.2, 0.25) is 0 Å². The van der Waals surface area contributed by atoms with Crippen molar-refractivity contribution in [1.82, 2.24) is 19.6 Å². The van der Waals surface area contributed by atoms with Gasteiger partial charge in [0, 0.05) is 57.8 Å². The Morgan fingerprint density at radius 1 is 1.29 bits per heavy atom. The number of hydrogen-bond donors (Lipinski definition) is 0. The van der Waals surface area contributed by atoms with E-state index in [-0.39, 0.29) is 33.9 Å². The number of nitrogens with zero attached hydrogens (tertiary/aromatic N) is 4. The first-order valence-electron chi connectivity index (χ1n) is 14.1. The van der Waals surface area contributed by atoms with Crippen molar-refractivity contribution in [2.24, 2.45) is 11.3 Å². The molecule has 2 aliphatic heterocycles. The van der Waals surface area contributed by atoms with Crippen molar-refractivity contribution in [3.63, 3.8) is 0 Å². The molecule has 0 radical (unpaired) electrons. The topological polar surface area (TPSA) is 64.2 Å². The van der Waals surface area contributed by atoms with E-state index in [4.69, 9.17) is 8.64 Å². The third-order valence-electron chi connectivity index (χ3n) is 8.56. The lowest BCUT2D eigenvalue weighted by Gasteiger charge is -2.45. The van der Waals surface area contributed by atoms with Gasteiger partial charge in [-0.2, -0.15) is 0 Å². The van der Waals surface area contributed by atoms with Crippen LogP contribution in [-0.2, 0) is 19.4 Å². The quantitative estimate of drug-likeness (QED) is 0.507. The summed E-state index contributed by atoms with van der Waals surface area (Å²) in [5, 5.41) is 5.12. The Morgan fingerprint density at radius 2 is 2.09 bits per heavy atom. The highest BCUT2D eigenvalue weighted by molar-refractivity contribution is 5.79. The van der Waals surface area contributed by atoms with Gasteiger partial charge in [-0.25, -0.2) is 9.37 Å². The second-order valence-corrected chi connectivity index (χ2v) is 11.8. The number of benzene rings is 1. The van der Waals surface area contributed by atoms with Gasteiger partial charge < -0.3 is 4.52 Å². The van der Waals surface area contributed by atoms with E-state index in [0.717, 1.165) is 30.5 Å².